The van der Waals surface area contributed by atoms with Gasteiger partial charge in [-0.1, -0.05) is 0 Å². The first-order valence-electron chi connectivity index (χ1n) is 6.88. The van der Waals surface area contributed by atoms with Gasteiger partial charge in [0.05, 0.1) is 31.5 Å². The standard InChI is InChI=1S/C13H19F3N4O2/c1-21-7-8-3-9(22-2)6-20(8)13-18-4-10(14)12(19-13)17-5-11(15)16/h4,8-9,11H,3,5-7H2,1-2H3,(H,17,18,19)/t8-,9-/m0/s1. The van der Waals surface area contributed by atoms with E-state index >= 15 is 0 Å². The number of aromatic nitrogens is 2. The first-order chi connectivity index (χ1) is 10.5. The third kappa shape index (κ3) is 3.98. The minimum atomic E-state index is -2.59. The quantitative estimate of drug-likeness (QED) is 0.822. The SMILES string of the molecule is COC[C@@H]1C[C@H](OC)CN1c1ncc(F)c(NCC(F)F)n1. The highest BCUT2D eigenvalue weighted by atomic mass is 19.3. The summed E-state index contributed by atoms with van der Waals surface area (Å²) < 4.78 is 48.6. The van der Waals surface area contributed by atoms with Crippen LogP contribution in [0.5, 0.6) is 0 Å². The monoisotopic (exact) mass is 320 g/mol. The summed E-state index contributed by atoms with van der Waals surface area (Å²) in [4.78, 5) is 9.80. The molecule has 2 heterocycles. The molecule has 6 nitrogen and oxygen atoms in total. The Balaban J connectivity index is 2.17. The van der Waals surface area contributed by atoms with E-state index in [9.17, 15) is 13.2 Å². The predicted octanol–water partition coefficient (Wildman–Crippen LogP) is 1.53. The molecule has 0 amide bonds. The Morgan fingerprint density at radius 2 is 2.23 bits per heavy atom. The van der Waals surface area contributed by atoms with Gasteiger partial charge in [-0.15, -0.1) is 0 Å². The van der Waals surface area contributed by atoms with E-state index in [0.29, 0.717) is 13.2 Å². The maximum absolute atomic E-state index is 13.6. The maximum atomic E-state index is 13.6. The number of nitrogens with one attached hydrogen (secondary N) is 1. The molecule has 0 bridgehead atoms. The number of hydrogen-bond acceptors (Lipinski definition) is 6. The highest BCUT2D eigenvalue weighted by Gasteiger charge is 2.34. The molecule has 2 rings (SSSR count). The van der Waals surface area contributed by atoms with Crippen molar-refractivity contribution in [1.82, 2.24) is 9.97 Å². The Morgan fingerprint density at radius 1 is 1.45 bits per heavy atom. The van der Waals surface area contributed by atoms with E-state index in [-0.39, 0.29) is 23.9 Å². The number of hydrogen-bond donors (Lipinski definition) is 1. The molecule has 0 aromatic carbocycles. The van der Waals surface area contributed by atoms with E-state index in [4.69, 9.17) is 9.47 Å². The van der Waals surface area contributed by atoms with Crippen LogP contribution in [0.15, 0.2) is 6.20 Å². The van der Waals surface area contributed by atoms with E-state index in [0.717, 1.165) is 12.6 Å². The lowest BCUT2D eigenvalue weighted by molar-refractivity contribution is 0.111. The van der Waals surface area contributed by atoms with Crippen LogP contribution in [0.3, 0.4) is 0 Å². The van der Waals surface area contributed by atoms with E-state index in [1.807, 2.05) is 4.90 Å². The van der Waals surface area contributed by atoms with E-state index in [1.54, 1.807) is 14.2 Å². The molecule has 0 saturated carbocycles. The second-order valence-electron chi connectivity index (χ2n) is 4.99. The lowest BCUT2D eigenvalue weighted by atomic mass is 10.2. The molecule has 0 unspecified atom stereocenters. The summed E-state index contributed by atoms with van der Waals surface area (Å²) >= 11 is 0. The zero-order chi connectivity index (χ0) is 16.1. The van der Waals surface area contributed by atoms with Gasteiger partial charge in [-0.3, -0.25) is 0 Å². The molecule has 1 fully saturated rings. The van der Waals surface area contributed by atoms with Gasteiger partial charge < -0.3 is 19.7 Å². The van der Waals surface area contributed by atoms with Crippen LogP contribution in [0.1, 0.15) is 6.42 Å². The Hall–Kier alpha value is -1.61. The van der Waals surface area contributed by atoms with Crippen LogP contribution in [0.25, 0.3) is 0 Å². The topological polar surface area (TPSA) is 59.5 Å². The molecular formula is C13H19F3N4O2. The summed E-state index contributed by atoms with van der Waals surface area (Å²) in [5.74, 6) is -0.739. The van der Waals surface area contributed by atoms with Gasteiger partial charge in [0.1, 0.15) is 0 Å². The van der Waals surface area contributed by atoms with Gasteiger partial charge in [-0.2, -0.15) is 4.98 Å². The lowest BCUT2D eigenvalue weighted by Crippen LogP contribution is -2.34. The molecule has 1 aromatic heterocycles. The van der Waals surface area contributed by atoms with Gasteiger partial charge in [-0.25, -0.2) is 18.2 Å². The van der Waals surface area contributed by atoms with Crippen molar-refractivity contribution in [1.29, 1.82) is 0 Å². The second kappa shape index (κ2) is 7.59. The van der Waals surface area contributed by atoms with Gasteiger partial charge in [0.2, 0.25) is 5.95 Å². The number of rotatable bonds is 7. The Labute approximate surface area is 126 Å². The number of alkyl halides is 2. The number of methoxy groups -OCH3 is 2. The smallest absolute Gasteiger partial charge is 0.255 e. The van der Waals surface area contributed by atoms with Crippen LogP contribution >= 0.6 is 0 Å². The largest absolute Gasteiger partial charge is 0.383 e. The van der Waals surface area contributed by atoms with Gasteiger partial charge in [0, 0.05) is 20.8 Å². The van der Waals surface area contributed by atoms with Crippen molar-refractivity contribution in [3.05, 3.63) is 12.0 Å². The average molecular weight is 320 g/mol. The van der Waals surface area contributed by atoms with Crippen LogP contribution in [0.4, 0.5) is 24.9 Å². The molecule has 1 aromatic rings. The molecule has 22 heavy (non-hydrogen) atoms. The van der Waals surface area contributed by atoms with Crippen molar-refractivity contribution in [3.63, 3.8) is 0 Å². The molecule has 9 heteroatoms. The summed E-state index contributed by atoms with van der Waals surface area (Å²) in [5.41, 5.74) is 0. The first kappa shape index (κ1) is 16.8. The fourth-order valence-electron chi connectivity index (χ4n) is 2.43. The number of ether oxygens (including phenoxy) is 2. The molecule has 2 atom stereocenters. The molecule has 124 valence electrons. The Bertz CT molecular complexity index is 492. The van der Waals surface area contributed by atoms with Gasteiger partial charge in [-0.05, 0) is 6.42 Å². The third-order valence-electron chi connectivity index (χ3n) is 3.48. The summed E-state index contributed by atoms with van der Waals surface area (Å²) in [6.45, 7) is 0.306. The number of halogens is 3. The minimum Gasteiger partial charge on any atom is -0.383 e. The normalized spacial score (nSPS) is 21.6. The van der Waals surface area contributed by atoms with Crippen molar-refractivity contribution in [3.8, 4) is 0 Å². The number of anilines is 2. The van der Waals surface area contributed by atoms with Crippen LogP contribution < -0.4 is 10.2 Å². The van der Waals surface area contributed by atoms with Crippen molar-refractivity contribution >= 4 is 11.8 Å². The van der Waals surface area contributed by atoms with E-state index in [2.05, 4.69) is 15.3 Å². The summed E-state index contributed by atoms with van der Waals surface area (Å²) in [6, 6.07) is -0.0108. The van der Waals surface area contributed by atoms with Crippen LogP contribution in [-0.4, -0.2) is 62.5 Å². The first-order valence-corrected chi connectivity index (χ1v) is 6.88. The van der Waals surface area contributed by atoms with Crippen LogP contribution in [0, 0.1) is 5.82 Å². The molecular weight excluding hydrogens is 301 g/mol. The molecule has 0 radical (unpaired) electrons. The maximum Gasteiger partial charge on any atom is 0.255 e. The average Bonchev–Trinajstić information content (AvgIpc) is 2.90. The Kier molecular flexibility index (Phi) is 5.78. The van der Waals surface area contributed by atoms with Crippen molar-refractivity contribution in [2.75, 3.05) is 44.1 Å². The zero-order valence-corrected chi connectivity index (χ0v) is 12.4. The molecule has 1 N–H and O–H groups in total. The fraction of sp³-hybridized carbons (Fsp3) is 0.692. The van der Waals surface area contributed by atoms with E-state index in [1.165, 1.54) is 0 Å². The summed E-state index contributed by atoms with van der Waals surface area (Å²) in [6.07, 6.45) is -0.902. The van der Waals surface area contributed by atoms with Gasteiger partial charge in [0.25, 0.3) is 6.43 Å². The third-order valence-corrected chi connectivity index (χ3v) is 3.48. The lowest BCUT2D eigenvalue weighted by Gasteiger charge is -2.24. The summed E-state index contributed by atoms with van der Waals surface area (Å²) in [5, 5.41) is 2.28. The highest BCUT2D eigenvalue weighted by molar-refractivity contribution is 5.44. The predicted molar refractivity (Wildman–Crippen MR) is 74.9 cm³/mol. The van der Waals surface area contributed by atoms with Crippen LogP contribution in [0.2, 0.25) is 0 Å². The van der Waals surface area contributed by atoms with Crippen molar-refractivity contribution < 1.29 is 22.6 Å². The molecule has 0 spiro atoms. The van der Waals surface area contributed by atoms with Gasteiger partial charge >= 0.3 is 0 Å². The van der Waals surface area contributed by atoms with Crippen LogP contribution in [-0.2, 0) is 9.47 Å². The van der Waals surface area contributed by atoms with Gasteiger partial charge in [0.15, 0.2) is 11.6 Å². The molecule has 1 aliphatic rings. The summed E-state index contributed by atoms with van der Waals surface area (Å²) in [7, 11) is 3.19. The minimum absolute atomic E-state index is 0.00808. The molecule has 1 saturated heterocycles. The highest BCUT2D eigenvalue weighted by Crippen LogP contribution is 2.26. The zero-order valence-electron chi connectivity index (χ0n) is 12.4. The van der Waals surface area contributed by atoms with E-state index < -0.39 is 18.8 Å². The fourth-order valence-corrected chi connectivity index (χ4v) is 2.43. The van der Waals surface area contributed by atoms with Crippen molar-refractivity contribution in [2.45, 2.75) is 25.0 Å². The molecule has 1 aliphatic heterocycles. The number of nitrogens with zero attached hydrogens (tertiary/aromatic N) is 3. The van der Waals surface area contributed by atoms with Crippen molar-refractivity contribution in [2.24, 2.45) is 0 Å². The Morgan fingerprint density at radius 3 is 2.86 bits per heavy atom. The molecule has 0 aliphatic carbocycles. The second-order valence-corrected chi connectivity index (χ2v) is 4.99.